The van der Waals surface area contributed by atoms with Gasteiger partial charge in [-0.1, -0.05) is 31.2 Å². The molecule has 6 nitrogen and oxygen atoms in total. The predicted octanol–water partition coefficient (Wildman–Crippen LogP) is 1.36. The number of rotatable bonds is 5. The fourth-order valence-electron chi connectivity index (χ4n) is 2.08. The Kier molecular flexibility index (Phi) is 4.49. The number of aryl methyl sites for hydroxylation is 2. The summed E-state index contributed by atoms with van der Waals surface area (Å²) in [5.41, 5.74) is 1.39. The number of nitrogens with two attached hydrogens (primary N) is 1. The lowest BCUT2D eigenvalue weighted by molar-refractivity contribution is 0.738. The van der Waals surface area contributed by atoms with E-state index in [4.69, 9.17) is 5.84 Å². The van der Waals surface area contributed by atoms with Gasteiger partial charge < -0.3 is 0 Å². The highest BCUT2D eigenvalue weighted by molar-refractivity contribution is 5.41. The Bertz CT molecular complexity index is 707. The molecule has 2 rings (SSSR count). The fraction of sp³-hybridized carbons (Fsp3) is 0.267. The number of para-hydroxylation sites is 1. The highest BCUT2D eigenvalue weighted by Crippen LogP contribution is 2.14. The van der Waals surface area contributed by atoms with E-state index in [1.807, 2.05) is 38.1 Å². The number of anilines is 1. The van der Waals surface area contributed by atoms with Gasteiger partial charge in [0.2, 0.25) is 5.95 Å². The van der Waals surface area contributed by atoms with E-state index >= 15 is 0 Å². The smallest absolute Gasteiger partial charge is 0.275 e. The summed E-state index contributed by atoms with van der Waals surface area (Å²) in [6.07, 6.45) is 2.23. The van der Waals surface area contributed by atoms with E-state index in [9.17, 15) is 4.79 Å². The molecule has 2 N–H and O–H groups in total. The molecule has 2 aromatic rings. The number of nitrogens with zero attached hydrogens (tertiary/aromatic N) is 4. The van der Waals surface area contributed by atoms with Gasteiger partial charge in [0.25, 0.3) is 0 Å². The van der Waals surface area contributed by atoms with Gasteiger partial charge in [-0.3, -0.25) is 5.01 Å². The van der Waals surface area contributed by atoms with Crippen molar-refractivity contribution in [2.75, 3.05) is 11.6 Å². The first-order valence-electron chi connectivity index (χ1n) is 6.77. The summed E-state index contributed by atoms with van der Waals surface area (Å²) in [5, 5.41) is 1.30. The van der Waals surface area contributed by atoms with Gasteiger partial charge in [0.05, 0.1) is 12.2 Å². The number of hydrogen-bond donors (Lipinski definition) is 1. The number of aromatic nitrogens is 3. The second-order valence-corrected chi connectivity index (χ2v) is 4.64. The molecule has 0 unspecified atom stereocenters. The molecule has 0 fully saturated rings. The average molecular weight is 285 g/mol. The minimum atomic E-state index is -0.384. The van der Waals surface area contributed by atoms with Crippen LogP contribution in [0.4, 0.5) is 5.95 Å². The van der Waals surface area contributed by atoms with Gasteiger partial charge in [-0.05, 0) is 18.6 Å². The minimum Gasteiger partial charge on any atom is -0.275 e. The van der Waals surface area contributed by atoms with Gasteiger partial charge in [-0.15, -0.1) is 6.58 Å². The largest absolute Gasteiger partial charge is 0.356 e. The summed E-state index contributed by atoms with van der Waals surface area (Å²) in [5.74, 6) is 6.64. The van der Waals surface area contributed by atoms with Crippen LogP contribution in [-0.4, -0.2) is 21.1 Å². The summed E-state index contributed by atoms with van der Waals surface area (Å²) in [7, 11) is 0. The van der Waals surface area contributed by atoms with E-state index in [2.05, 4.69) is 16.5 Å². The Balaban J connectivity index is 2.61. The summed E-state index contributed by atoms with van der Waals surface area (Å²) < 4.78 is 1.53. The molecular formula is C15H19N5O. The topological polar surface area (TPSA) is 77.0 Å². The van der Waals surface area contributed by atoms with Gasteiger partial charge in [-0.2, -0.15) is 9.97 Å². The molecule has 21 heavy (non-hydrogen) atoms. The molecule has 0 bridgehead atoms. The van der Waals surface area contributed by atoms with E-state index in [1.165, 1.54) is 9.58 Å². The van der Waals surface area contributed by atoms with Gasteiger partial charge >= 0.3 is 5.69 Å². The third-order valence-electron chi connectivity index (χ3n) is 3.13. The van der Waals surface area contributed by atoms with E-state index < -0.39 is 0 Å². The third-order valence-corrected chi connectivity index (χ3v) is 3.13. The molecule has 0 radical (unpaired) electrons. The lowest BCUT2D eigenvalue weighted by atomic mass is 10.2. The molecule has 1 aromatic carbocycles. The third kappa shape index (κ3) is 3.00. The van der Waals surface area contributed by atoms with Crippen molar-refractivity contribution < 1.29 is 0 Å². The zero-order chi connectivity index (χ0) is 15.4. The predicted molar refractivity (Wildman–Crippen MR) is 83.5 cm³/mol. The van der Waals surface area contributed by atoms with Crippen LogP contribution in [0.25, 0.3) is 5.69 Å². The van der Waals surface area contributed by atoms with Crippen LogP contribution in [0.3, 0.4) is 0 Å². The van der Waals surface area contributed by atoms with Crippen molar-refractivity contribution in [1.82, 2.24) is 14.5 Å². The van der Waals surface area contributed by atoms with Crippen molar-refractivity contribution in [3.8, 4) is 5.69 Å². The standard InChI is InChI=1S/C15H19N5O/c1-4-10-19(16)14-17-13(5-2)20(15(21)18-14)12-9-7-6-8-11(12)3/h4,6-9H,1,5,10,16H2,2-3H3. The Labute approximate surface area is 123 Å². The molecule has 0 aliphatic heterocycles. The van der Waals surface area contributed by atoms with Crippen LogP contribution in [0.5, 0.6) is 0 Å². The van der Waals surface area contributed by atoms with E-state index in [0.29, 0.717) is 18.8 Å². The molecule has 0 aliphatic carbocycles. The van der Waals surface area contributed by atoms with Crippen LogP contribution in [0.1, 0.15) is 18.3 Å². The Morgan fingerprint density at radius 3 is 2.71 bits per heavy atom. The molecule has 1 aromatic heterocycles. The summed E-state index contributed by atoms with van der Waals surface area (Å²) >= 11 is 0. The highest BCUT2D eigenvalue weighted by Gasteiger charge is 2.14. The lowest BCUT2D eigenvalue weighted by Crippen LogP contribution is -2.37. The van der Waals surface area contributed by atoms with Crippen LogP contribution in [0, 0.1) is 6.92 Å². The van der Waals surface area contributed by atoms with Crippen molar-refractivity contribution in [2.45, 2.75) is 20.3 Å². The minimum absolute atomic E-state index is 0.210. The van der Waals surface area contributed by atoms with Crippen molar-refractivity contribution in [1.29, 1.82) is 0 Å². The Morgan fingerprint density at radius 1 is 1.38 bits per heavy atom. The summed E-state index contributed by atoms with van der Waals surface area (Å²) in [4.78, 5) is 20.7. The first-order chi connectivity index (χ1) is 10.1. The number of hydrogen-bond acceptors (Lipinski definition) is 5. The second-order valence-electron chi connectivity index (χ2n) is 4.64. The summed E-state index contributed by atoms with van der Waals surface area (Å²) in [6, 6.07) is 7.64. The fourth-order valence-corrected chi connectivity index (χ4v) is 2.08. The monoisotopic (exact) mass is 285 g/mol. The first kappa shape index (κ1) is 14.9. The molecule has 6 heteroatoms. The number of benzene rings is 1. The Morgan fingerprint density at radius 2 is 2.10 bits per heavy atom. The highest BCUT2D eigenvalue weighted by atomic mass is 16.1. The molecule has 0 aliphatic rings. The lowest BCUT2D eigenvalue weighted by Gasteiger charge is -2.17. The average Bonchev–Trinajstić information content (AvgIpc) is 2.47. The van der Waals surface area contributed by atoms with E-state index in [-0.39, 0.29) is 11.6 Å². The molecule has 110 valence electrons. The molecule has 0 atom stereocenters. The maximum absolute atomic E-state index is 12.4. The van der Waals surface area contributed by atoms with Crippen LogP contribution >= 0.6 is 0 Å². The normalized spacial score (nSPS) is 10.4. The summed E-state index contributed by atoms with van der Waals surface area (Å²) in [6.45, 7) is 7.87. The maximum Gasteiger partial charge on any atom is 0.356 e. The quantitative estimate of drug-likeness (QED) is 0.510. The number of hydrazine groups is 1. The van der Waals surface area contributed by atoms with Crippen LogP contribution in [0.15, 0.2) is 41.7 Å². The van der Waals surface area contributed by atoms with Gasteiger partial charge in [0, 0.05) is 6.42 Å². The maximum atomic E-state index is 12.4. The van der Waals surface area contributed by atoms with E-state index in [1.54, 1.807) is 6.08 Å². The SMILES string of the molecule is C=CCN(N)c1nc(CC)n(-c2ccccc2C)c(=O)n1. The van der Waals surface area contributed by atoms with Crippen LogP contribution < -0.4 is 16.5 Å². The molecule has 0 spiro atoms. The molecule has 0 amide bonds. The van der Waals surface area contributed by atoms with Crippen LogP contribution in [0.2, 0.25) is 0 Å². The zero-order valence-electron chi connectivity index (χ0n) is 12.3. The van der Waals surface area contributed by atoms with Gasteiger partial charge in [-0.25, -0.2) is 15.2 Å². The first-order valence-corrected chi connectivity index (χ1v) is 6.77. The van der Waals surface area contributed by atoms with E-state index in [0.717, 1.165) is 11.3 Å². The molecule has 0 saturated carbocycles. The van der Waals surface area contributed by atoms with Crippen molar-refractivity contribution in [2.24, 2.45) is 5.84 Å². The van der Waals surface area contributed by atoms with Crippen molar-refractivity contribution in [3.63, 3.8) is 0 Å². The molecule has 1 heterocycles. The zero-order valence-corrected chi connectivity index (χ0v) is 12.3. The second kappa shape index (κ2) is 6.32. The Hall–Kier alpha value is -2.47. The molecular weight excluding hydrogens is 266 g/mol. The van der Waals surface area contributed by atoms with Crippen molar-refractivity contribution >= 4 is 5.95 Å². The van der Waals surface area contributed by atoms with Crippen LogP contribution in [-0.2, 0) is 6.42 Å². The molecule has 0 saturated heterocycles. The van der Waals surface area contributed by atoms with Crippen molar-refractivity contribution in [3.05, 3.63) is 58.8 Å². The van der Waals surface area contributed by atoms with Gasteiger partial charge in [0.15, 0.2) is 0 Å². The van der Waals surface area contributed by atoms with Gasteiger partial charge in [0.1, 0.15) is 5.82 Å².